The van der Waals surface area contributed by atoms with Crippen molar-refractivity contribution in [1.82, 2.24) is 0 Å². The Morgan fingerprint density at radius 1 is 0.825 bits per heavy atom. The highest BCUT2D eigenvalue weighted by atomic mass is 16.3. The summed E-state index contributed by atoms with van der Waals surface area (Å²) in [5.41, 5.74) is 4.53. The molecular weight excluding hydrogens is 488 g/mol. The van der Waals surface area contributed by atoms with Gasteiger partial charge in [0.05, 0.1) is 12.2 Å². The fourth-order valence-electron chi connectivity index (χ4n) is 11.0. The fraction of sp³-hybridized carbons (Fsp3) is 0.632. The predicted molar refractivity (Wildman–Crippen MR) is 166 cm³/mol. The first-order valence-corrected chi connectivity index (χ1v) is 16.4. The van der Waals surface area contributed by atoms with Crippen LogP contribution < -0.4 is 0 Å². The molecule has 0 aliphatic heterocycles. The molecular formula is C38H52O2. The molecule has 11 unspecified atom stereocenters. The molecule has 4 aliphatic rings. The van der Waals surface area contributed by atoms with Crippen LogP contribution >= 0.6 is 0 Å². The summed E-state index contributed by atoms with van der Waals surface area (Å²) in [5, 5.41) is 22.6. The third kappa shape index (κ3) is 4.62. The highest BCUT2D eigenvalue weighted by Gasteiger charge is 2.64. The van der Waals surface area contributed by atoms with Crippen LogP contribution in [0.4, 0.5) is 0 Å². The van der Waals surface area contributed by atoms with Crippen LogP contribution in [0.2, 0.25) is 0 Å². The van der Waals surface area contributed by atoms with Crippen molar-refractivity contribution in [2.75, 3.05) is 0 Å². The topological polar surface area (TPSA) is 40.5 Å². The summed E-state index contributed by atoms with van der Waals surface area (Å²) >= 11 is 0. The van der Waals surface area contributed by atoms with Gasteiger partial charge in [-0.2, -0.15) is 0 Å². The molecule has 11 atom stereocenters. The smallest absolute Gasteiger partial charge is 0.0605 e. The van der Waals surface area contributed by atoms with Crippen molar-refractivity contribution in [1.29, 1.82) is 0 Å². The van der Waals surface area contributed by atoms with E-state index in [1.54, 1.807) is 0 Å². The number of hydrogen-bond donors (Lipinski definition) is 2. The van der Waals surface area contributed by atoms with Crippen molar-refractivity contribution >= 4 is 5.57 Å². The summed E-state index contributed by atoms with van der Waals surface area (Å²) in [6.07, 6.45) is 12.4. The standard InChI is InChI=1S/C38H52O2/c1-5-29-34-24-28(39)20-22-38(34,4)33-21-23-37(3)31(18-19-32(37)35(33)36(29)40)25(2)16-17-30(26-12-8-6-9-13-26)27-14-10-7-11-15-27/h6-15,17,25,28-29,31-36,39-40H,5,16,18-24H2,1-4H3. The SMILES string of the molecule is CCC1C(O)C2C3CCC(C(C)CC=C(c4ccccc4)c4ccccc4)C3(C)CCC2C2(C)CCC(O)CC12. The minimum Gasteiger partial charge on any atom is -0.393 e. The van der Waals surface area contributed by atoms with E-state index >= 15 is 0 Å². The second-order valence-corrected chi connectivity index (χ2v) is 14.7. The summed E-state index contributed by atoms with van der Waals surface area (Å²) in [7, 11) is 0. The Hall–Kier alpha value is -1.90. The Labute approximate surface area is 243 Å². The van der Waals surface area contributed by atoms with Gasteiger partial charge in [0.1, 0.15) is 0 Å². The number of allylic oxidation sites excluding steroid dienone is 1. The molecule has 2 nitrogen and oxygen atoms in total. The summed E-state index contributed by atoms with van der Waals surface area (Å²) in [4.78, 5) is 0. The van der Waals surface area contributed by atoms with Crippen molar-refractivity contribution in [2.45, 2.75) is 97.7 Å². The van der Waals surface area contributed by atoms with Crippen LogP contribution in [-0.4, -0.2) is 22.4 Å². The number of fused-ring (bicyclic) bond motifs is 5. The van der Waals surface area contributed by atoms with Crippen LogP contribution in [0, 0.1) is 52.3 Å². The Morgan fingerprint density at radius 3 is 2.05 bits per heavy atom. The number of hydrogen-bond acceptors (Lipinski definition) is 2. The molecule has 2 aromatic carbocycles. The van der Waals surface area contributed by atoms with Crippen LogP contribution in [0.25, 0.3) is 5.57 Å². The molecule has 0 amide bonds. The second-order valence-electron chi connectivity index (χ2n) is 14.7. The van der Waals surface area contributed by atoms with E-state index < -0.39 is 0 Å². The van der Waals surface area contributed by atoms with Crippen LogP contribution in [-0.2, 0) is 0 Å². The third-order valence-corrected chi connectivity index (χ3v) is 13.0. The lowest BCUT2D eigenvalue weighted by atomic mass is 9.41. The van der Waals surface area contributed by atoms with Crippen LogP contribution in [0.1, 0.15) is 96.6 Å². The number of rotatable bonds is 6. The molecule has 0 bridgehead atoms. The van der Waals surface area contributed by atoms with Gasteiger partial charge in [-0.25, -0.2) is 0 Å². The molecule has 2 N–H and O–H groups in total. The van der Waals surface area contributed by atoms with Crippen molar-refractivity contribution in [3.63, 3.8) is 0 Å². The first kappa shape index (κ1) is 28.2. The van der Waals surface area contributed by atoms with Gasteiger partial charge in [-0.15, -0.1) is 0 Å². The molecule has 0 saturated heterocycles. The Balaban J connectivity index is 1.26. The predicted octanol–water partition coefficient (Wildman–Crippen LogP) is 8.77. The van der Waals surface area contributed by atoms with Gasteiger partial charge in [-0.05, 0) is 120 Å². The van der Waals surface area contributed by atoms with Crippen molar-refractivity contribution in [3.8, 4) is 0 Å². The lowest BCUT2D eigenvalue weighted by Crippen LogP contribution is -2.62. The first-order valence-electron chi connectivity index (χ1n) is 16.4. The van der Waals surface area contributed by atoms with E-state index in [0.717, 1.165) is 32.1 Å². The van der Waals surface area contributed by atoms with Crippen molar-refractivity contribution in [2.24, 2.45) is 52.3 Å². The maximum absolute atomic E-state index is 12.0. The summed E-state index contributed by atoms with van der Waals surface area (Å²) in [6, 6.07) is 21.8. The van der Waals surface area contributed by atoms with E-state index in [4.69, 9.17) is 0 Å². The molecule has 2 heteroatoms. The minimum atomic E-state index is -0.209. The van der Waals surface area contributed by atoms with Gasteiger partial charge in [0.25, 0.3) is 0 Å². The molecule has 4 aliphatic carbocycles. The van der Waals surface area contributed by atoms with E-state index in [2.05, 4.69) is 94.4 Å². The Morgan fingerprint density at radius 2 is 1.43 bits per heavy atom. The molecule has 2 aromatic rings. The number of aliphatic hydroxyl groups is 2. The quantitative estimate of drug-likeness (QED) is 0.384. The van der Waals surface area contributed by atoms with Gasteiger partial charge in [0, 0.05) is 0 Å². The zero-order chi connectivity index (χ0) is 28.1. The summed E-state index contributed by atoms with van der Waals surface area (Å²) < 4.78 is 0. The average Bonchev–Trinajstić information content (AvgIpc) is 3.32. The van der Waals surface area contributed by atoms with Crippen LogP contribution in [0.15, 0.2) is 66.7 Å². The molecule has 6 rings (SSSR count). The molecule has 0 heterocycles. The maximum Gasteiger partial charge on any atom is 0.0605 e. The zero-order valence-corrected chi connectivity index (χ0v) is 25.3. The largest absolute Gasteiger partial charge is 0.393 e. The van der Waals surface area contributed by atoms with Gasteiger partial charge < -0.3 is 10.2 Å². The van der Waals surface area contributed by atoms with E-state index in [0.29, 0.717) is 46.8 Å². The van der Waals surface area contributed by atoms with Gasteiger partial charge in [0.2, 0.25) is 0 Å². The minimum absolute atomic E-state index is 0.175. The molecule has 4 saturated carbocycles. The lowest BCUT2D eigenvalue weighted by Gasteiger charge is -2.64. The first-order chi connectivity index (χ1) is 19.3. The van der Waals surface area contributed by atoms with Gasteiger partial charge >= 0.3 is 0 Å². The average molecular weight is 541 g/mol. The van der Waals surface area contributed by atoms with E-state index in [-0.39, 0.29) is 17.6 Å². The van der Waals surface area contributed by atoms with Crippen molar-refractivity contribution < 1.29 is 10.2 Å². The van der Waals surface area contributed by atoms with Crippen LogP contribution in [0.3, 0.4) is 0 Å². The molecule has 0 spiro atoms. The molecule has 216 valence electrons. The van der Waals surface area contributed by atoms with E-state index in [1.807, 2.05) is 0 Å². The third-order valence-electron chi connectivity index (χ3n) is 13.0. The monoisotopic (exact) mass is 540 g/mol. The maximum atomic E-state index is 12.0. The Bertz CT molecular complexity index is 1130. The summed E-state index contributed by atoms with van der Waals surface area (Å²) in [5.74, 6) is 3.78. The molecule has 40 heavy (non-hydrogen) atoms. The second kappa shape index (κ2) is 11.1. The Kier molecular flexibility index (Phi) is 7.81. The van der Waals surface area contributed by atoms with Gasteiger partial charge in [-0.3, -0.25) is 0 Å². The van der Waals surface area contributed by atoms with Crippen LogP contribution in [0.5, 0.6) is 0 Å². The molecule has 4 fully saturated rings. The van der Waals surface area contributed by atoms with Crippen molar-refractivity contribution in [3.05, 3.63) is 77.9 Å². The number of aliphatic hydroxyl groups excluding tert-OH is 2. The fourth-order valence-corrected chi connectivity index (χ4v) is 11.0. The molecule has 0 aromatic heterocycles. The molecule has 0 radical (unpaired) electrons. The number of benzene rings is 2. The normalized spacial score (nSPS) is 41.4. The van der Waals surface area contributed by atoms with Gasteiger partial charge in [0.15, 0.2) is 0 Å². The highest BCUT2D eigenvalue weighted by Crippen LogP contribution is 2.69. The van der Waals surface area contributed by atoms with E-state index in [1.165, 1.54) is 42.4 Å². The zero-order valence-electron chi connectivity index (χ0n) is 25.3. The summed E-state index contributed by atoms with van der Waals surface area (Å²) in [6.45, 7) is 9.93. The highest BCUT2D eigenvalue weighted by molar-refractivity contribution is 5.79. The lowest BCUT2D eigenvalue weighted by molar-refractivity contribution is -0.203. The van der Waals surface area contributed by atoms with E-state index in [9.17, 15) is 10.2 Å². The van der Waals surface area contributed by atoms with Gasteiger partial charge in [-0.1, -0.05) is 101 Å².